The molecule has 0 aliphatic heterocycles. The van der Waals surface area contributed by atoms with Gasteiger partial charge in [-0.25, -0.2) is 9.97 Å². The van der Waals surface area contributed by atoms with E-state index in [-0.39, 0.29) is 17.0 Å². The van der Waals surface area contributed by atoms with Crippen LogP contribution in [0.4, 0.5) is 19.0 Å². The summed E-state index contributed by atoms with van der Waals surface area (Å²) in [6.07, 6.45) is -4.45. The molecule has 2 rings (SSSR count). The number of hydrogen-bond donors (Lipinski definition) is 1. The number of alkyl halides is 3. The number of thiazole rings is 1. The Morgan fingerprint density at radius 1 is 1.30 bits per heavy atom. The lowest BCUT2D eigenvalue weighted by molar-refractivity contribution is -0.137. The molecule has 0 spiro atoms. The molecule has 8 heteroatoms. The summed E-state index contributed by atoms with van der Waals surface area (Å²) < 4.78 is 38.1. The molecular weight excluding hydrogens is 311 g/mol. The first-order chi connectivity index (χ1) is 9.25. The molecule has 0 aliphatic carbocycles. The van der Waals surface area contributed by atoms with Gasteiger partial charge in [-0.2, -0.15) is 13.2 Å². The van der Waals surface area contributed by atoms with E-state index in [1.54, 1.807) is 6.92 Å². The number of nitrogens with one attached hydrogen (secondary N) is 1. The van der Waals surface area contributed by atoms with Crippen LogP contribution in [-0.2, 0) is 6.18 Å². The Labute approximate surface area is 122 Å². The second kappa shape index (κ2) is 5.57. The van der Waals surface area contributed by atoms with Gasteiger partial charge in [0.2, 0.25) is 0 Å². The van der Waals surface area contributed by atoms with E-state index in [1.165, 1.54) is 11.3 Å². The zero-order valence-electron chi connectivity index (χ0n) is 10.6. The van der Waals surface area contributed by atoms with Gasteiger partial charge in [0.25, 0.3) is 0 Å². The first kappa shape index (κ1) is 15.1. The smallest absolute Gasteiger partial charge is 0.361 e. The SMILES string of the molecule is Cc1csc(C(C)Nc2cc(C(F)(F)F)cc(Cl)n2)n1. The summed E-state index contributed by atoms with van der Waals surface area (Å²) in [6.45, 7) is 3.65. The van der Waals surface area contributed by atoms with Crippen molar-refractivity contribution < 1.29 is 13.2 Å². The highest BCUT2D eigenvalue weighted by atomic mass is 35.5. The maximum atomic E-state index is 12.7. The second-order valence-corrected chi connectivity index (χ2v) is 5.53. The fourth-order valence-corrected chi connectivity index (χ4v) is 2.60. The number of hydrogen-bond acceptors (Lipinski definition) is 4. The van der Waals surface area contributed by atoms with Crippen molar-refractivity contribution in [1.82, 2.24) is 9.97 Å². The fourth-order valence-electron chi connectivity index (χ4n) is 1.59. The third-order valence-corrected chi connectivity index (χ3v) is 3.83. The highest BCUT2D eigenvalue weighted by molar-refractivity contribution is 7.09. The lowest BCUT2D eigenvalue weighted by Gasteiger charge is -2.14. The lowest BCUT2D eigenvalue weighted by atomic mass is 10.2. The van der Waals surface area contributed by atoms with Crippen molar-refractivity contribution >= 4 is 28.8 Å². The average Bonchev–Trinajstić information content (AvgIpc) is 2.74. The van der Waals surface area contributed by atoms with E-state index >= 15 is 0 Å². The monoisotopic (exact) mass is 321 g/mol. The third-order valence-electron chi connectivity index (χ3n) is 2.49. The number of pyridine rings is 1. The summed E-state index contributed by atoms with van der Waals surface area (Å²) in [5, 5.41) is 5.32. The first-order valence-corrected chi connectivity index (χ1v) is 6.95. The summed E-state index contributed by atoms with van der Waals surface area (Å²) >= 11 is 7.06. The van der Waals surface area contributed by atoms with E-state index < -0.39 is 11.7 Å². The van der Waals surface area contributed by atoms with E-state index in [0.29, 0.717) is 0 Å². The van der Waals surface area contributed by atoms with Crippen LogP contribution in [0.2, 0.25) is 5.15 Å². The van der Waals surface area contributed by atoms with E-state index in [0.717, 1.165) is 22.8 Å². The lowest BCUT2D eigenvalue weighted by Crippen LogP contribution is -2.11. The fraction of sp³-hybridized carbons (Fsp3) is 0.333. The van der Waals surface area contributed by atoms with Gasteiger partial charge in [-0.3, -0.25) is 0 Å². The van der Waals surface area contributed by atoms with E-state index in [9.17, 15) is 13.2 Å². The molecule has 1 N–H and O–H groups in total. The maximum absolute atomic E-state index is 12.7. The molecule has 108 valence electrons. The van der Waals surface area contributed by atoms with E-state index in [2.05, 4.69) is 15.3 Å². The predicted molar refractivity (Wildman–Crippen MR) is 73.1 cm³/mol. The highest BCUT2D eigenvalue weighted by Gasteiger charge is 2.31. The highest BCUT2D eigenvalue weighted by Crippen LogP contribution is 2.32. The van der Waals surface area contributed by atoms with Crippen LogP contribution < -0.4 is 5.32 Å². The third kappa shape index (κ3) is 3.61. The summed E-state index contributed by atoms with van der Waals surface area (Å²) in [5.74, 6) is 0.0742. The number of aromatic nitrogens is 2. The molecule has 0 fully saturated rings. The van der Waals surface area contributed by atoms with Crippen LogP contribution in [0.15, 0.2) is 17.5 Å². The predicted octanol–water partition coefficient (Wildman–Crippen LogP) is 4.69. The van der Waals surface area contributed by atoms with Crippen LogP contribution in [0.3, 0.4) is 0 Å². The summed E-state index contributed by atoms with van der Waals surface area (Å²) in [4.78, 5) is 8.12. The normalized spacial score (nSPS) is 13.3. The quantitative estimate of drug-likeness (QED) is 0.833. The minimum Gasteiger partial charge on any atom is -0.361 e. The van der Waals surface area contributed by atoms with Gasteiger partial charge in [-0.05, 0) is 26.0 Å². The number of anilines is 1. The van der Waals surface area contributed by atoms with Crippen molar-refractivity contribution in [3.05, 3.63) is 38.9 Å². The molecule has 0 bridgehead atoms. The van der Waals surface area contributed by atoms with Crippen LogP contribution in [0.25, 0.3) is 0 Å². The van der Waals surface area contributed by atoms with Crippen molar-refractivity contribution in [3.8, 4) is 0 Å². The largest absolute Gasteiger partial charge is 0.416 e. The molecule has 2 heterocycles. The number of nitrogens with zero attached hydrogens (tertiary/aromatic N) is 2. The van der Waals surface area contributed by atoms with Crippen LogP contribution in [0, 0.1) is 6.92 Å². The molecule has 2 aromatic rings. The van der Waals surface area contributed by atoms with Gasteiger partial charge in [0.1, 0.15) is 16.0 Å². The summed E-state index contributed by atoms with van der Waals surface area (Å²) in [6, 6.07) is 1.48. The van der Waals surface area contributed by atoms with Crippen LogP contribution in [-0.4, -0.2) is 9.97 Å². The molecule has 0 aromatic carbocycles. The van der Waals surface area contributed by atoms with E-state index in [4.69, 9.17) is 11.6 Å². The number of aryl methyl sites for hydroxylation is 1. The zero-order chi connectivity index (χ0) is 14.9. The maximum Gasteiger partial charge on any atom is 0.416 e. The Bertz CT molecular complexity index is 612. The van der Waals surface area contributed by atoms with Gasteiger partial charge < -0.3 is 5.32 Å². The van der Waals surface area contributed by atoms with Gasteiger partial charge >= 0.3 is 6.18 Å². The Kier molecular flexibility index (Phi) is 4.19. The summed E-state index contributed by atoms with van der Waals surface area (Å²) in [5.41, 5.74) is 0.0382. The second-order valence-electron chi connectivity index (χ2n) is 4.25. The van der Waals surface area contributed by atoms with Gasteiger partial charge in [0.05, 0.1) is 11.6 Å². The molecular formula is C12H11ClF3N3S. The van der Waals surface area contributed by atoms with Crippen molar-refractivity contribution in [2.45, 2.75) is 26.1 Å². The van der Waals surface area contributed by atoms with Crippen LogP contribution >= 0.6 is 22.9 Å². The van der Waals surface area contributed by atoms with Crippen molar-refractivity contribution in [2.24, 2.45) is 0 Å². The molecule has 0 radical (unpaired) electrons. The standard InChI is InChI=1S/C12H11ClF3N3S/c1-6-5-20-11(17-6)7(2)18-10-4-8(12(14,15)16)3-9(13)19-10/h3-5,7H,1-2H3,(H,18,19). The number of rotatable bonds is 3. The van der Waals surface area contributed by atoms with Crippen molar-refractivity contribution in [1.29, 1.82) is 0 Å². The minimum absolute atomic E-state index is 0.0742. The zero-order valence-corrected chi connectivity index (χ0v) is 12.2. The van der Waals surface area contributed by atoms with Gasteiger partial charge in [-0.15, -0.1) is 11.3 Å². The van der Waals surface area contributed by atoms with Crippen LogP contribution in [0.5, 0.6) is 0 Å². The Morgan fingerprint density at radius 2 is 2.00 bits per heavy atom. The Morgan fingerprint density at radius 3 is 2.55 bits per heavy atom. The van der Waals surface area contributed by atoms with Crippen molar-refractivity contribution in [2.75, 3.05) is 5.32 Å². The first-order valence-electron chi connectivity index (χ1n) is 5.69. The molecule has 0 amide bonds. The topological polar surface area (TPSA) is 37.8 Å². The molecule has 2 aromatic heterocycles. The van der Waals surface area contributed by atoms with Gasteiger partial charge in [0, 0.05) is 11.1 Å². The van der Waals surface area contributed by atoms with Crippen molar-refractivity contribution in [3.63, 3.8) is 0 Å². The average molecular weight is 322 g/mol. The molecule has 20 heavy (non-hydrogen) atoms. The van der Waals surface area contributed by atoms with Crippen LogP contribution in [0.1, 0.15) is 29.2 Å². The Balaban J connectivity index is 2.23. The molecule has 3 nitrogen and oxygen atoms in total. The molecule has 0 saturated carbocycles. The van der Waals surface area contributed by atoms with Gasteiger partial charge in [-0.1, -0.05) is 11.6 Å². The van der Waals surface area contributed by atoms with Gasteiger partial charge in [0.15, 0.2) is 0 Å². The minimum atomic E-state index is -4.45. The number of halogens is 4. The molecule has 0 saturated heterocycles. The molecule has 1 atom stereocenters. The summed E-state index contributed by atoms with van der Waals surface area (Å²) in [7, 11) is 0. The molecule has 0 aliphatic rings. The Hall–Kier alpha value is -1.34. The van der Waals surface area contributed by atoms with E-state index in [1.807, 2.05) is 12.3 Å². The molecule has 1 unspecified atom stereocenters.